The molecule has 0 aliphatic carbocycles. The molecule has 0 spiro atoms. The van der Waals surface area contributed by atoms with Crippen LogP contribution in [0, 0.1) is 10.1 Å². The van der Waals surface area contributed by atoms with Crippen molar-refractivity contribution in [1.82, 2.24) is 0 Å². The molecule has 2 aromatic carbocycles. The summed E-state index contributed by atoms with van der Waals surface area (Å²) in [7, 11) is 0. The van der Waals surface area contributed by atoms with E-state index in [1.807, 2.05) is 0 Å². The SMILES string of the molecule is O=C1CC(=O)N(c2ccc([N+](=O)[O-])cc2)c2cc(Cl)ccc21. The molecule has 1 heterocycles. The Morgan fingerprint density at radius 2 is 1.77 bits per heavy atom. The quantitative estimate of drug-likeness (QED) is 0.482. The second-order valence-corrected chi connectivity index (χ2v) is 5.20. The van der Waals surface area contributed by atoms with Crippen molar-refractivity contribution in [3.8, 4) is 0 Å². The van der Waals surface area contributed by atoms with Crippen LogP contribution in [0.4, 0.5) is 17.1 Å². The van der Waals surface area contributed by atoms with Crippen molar-refractivity contribution in [2.45, 2.75) is 6.42 Å². The van der Waals surface area contributed by atoms with Gasteiger partial charge in [0.15, 0.2) is 5.78 Å². The number of hydrogen-bond acceptors (Lipinski definition) is 4. The van der Waals surface area contributed by atoms with Crippen molar-refractivity contribution in [2.24, 2.45) is 0 Å². The van der Waals surface area contributed by atoms with Crippen LogP contribution in [0.15, 0.2) is 42.5 Å². The largest absolute Gasteiger partial charge is 0.294 e. The maximum atomic E-state index is 12.2. The van der Waals surface area contributed by atoms with Gasteiger partial charge in [-0.25, -0.2) is 0 Å². The Morgan fingerprint density at radius 1 is 1.09 bits per heavy atom. The van der Waals surface area contributed by atoms with E-state index in [1.54, 1.807) is 12.1 Å². The van der Waals surface area contributed by atoms with E-state index in [-0.39, 0.29) is 17.9 Å². The number of carbonyl (C=O) groups excluding carboxylic acids is 2. The van der Waals surface area contributed by atoms with Crippen LogP contribution < -0.4 is 4.90 Å². The number of anilines is 2. The van der Waals surface area contributed by atoms with E-state index in [9.17, 15) is 19.7 Å². The Bertz CT molecular complexity index is 802. The zero-order valence-electron chi connectivity index (χ0n) is 11.2. The van der Waals surface area contributed by atoms with E-state index >= 15 is 0 Å². The van der Waals surface area contributed by atoms with Crippen molar-refractivity contribution in [3.05, 3.63) is 63.2 Å². The molecule has 0 atom stereocenters. The topological polar surface area (TPSA) is 80.5 Å². The molecule has 0 unspecified atom stereocenters. The van der Waals surface area contributed by atoms with Crippen molar-refractivity contribution in [2.75, 3.05) is 4.90 Å². The molecule has 0 saturated heterocycles. The minimum Gasteiger partial charge on any atom is -0.294 e. The highest BCUT2D eigenvalue weighted by molar-refractivity contribution is 6.32. The molecule has 0 N–H and O–H groups in total. The van der Waals surface area contributed by atoms with Gasteiger partial charge < -0.3 is 0 Å². The molecule has 7 heteroatoms. The predicted octanol–water partition coefficient (Wildman–Crippen LogP) is 3.50. The molecule has 1 aliphatic rings. The Morgan fingerprint density at radius 3 is 2.41 bits per heavy atom. The third-order valence-electron chi connectivity index (χ3n) is 3.38. The van der Waals surface area contributed by atoms with E-state index in [0.29, 0.717) is 22.0 Å². The smallest absolute Gasteiger partial charge is 0.269 e. The third kappa shape index (κ3) is 2.33. The fraction of sp³-hybridized carbons (Fsp3) is 0.0667. The number of nitro groups is 1. The molecule has 2 aromatic rings. The van der Waals surface area contributed by atoms with Gasteiger partial charge in [0.1, 0.15) is 0 Å². The maximum absolute atomic E-state index is 12.2. The molecular formula is C15H9ClN2O4. The number of amides is 1. The number of halogens is 1. The van der Waals surface area contributed by atoms with E-state index in [4.69, 9.17) is 11.6 Å². The summed E-state index contributed by atoms with van der Waals surface area (Å²) < 4.78 is 0. The fourth-order valence-electron chi connectivity index (χ4n) is 2.38. The number of nitrogens with zero attached hydrogens (tertiary/aromatic N) is 2. The number of nitro benzene ring substituents is 1. The first-order valence-electron chi connectivity index (χ1n) is 6.37. The summed E-state index contributed by atoms with van der Waals surface area (Å²) in [6.45, 7) is 0. The van der Waals surface area contributed by atoms with Gasteiger partial charge >= 0.3 is 0 Å². The van der Waals surface area contributed by atoms with Gasteiger partial charge in [-0.2, -0.15) is 0 Å². The lowest BCUT2D eigenvalue weighted by molar-refractivity contribution is -0.384. The zero-order valence-corrected chi connectivity index (χ0v) is 11.9. The van der Waals surface area contributed by atoms with Crippen LogP contribution in [0.5, 0.6) is 0 Å². The van der Waals surface area contributed by atoms with Crippen LogP contribution in [0.1, 0.15) is 16.8 Å². The third-order valence-corrected chi connectivity index (χ3v) is 3.62. The minimum absolute atomic E-state index is 0.0735. The molecule has 1 aliphatic heterocycles. The highest BCUT2D eigenvalue weighted by Gasteiger charge is 2.31. The molecule has 22 heavy (non-hydrogen) atoms. The number of benzene rings is 2. The summed E-state index contributed by atoms with van der Waals surface area (Å²) in [5.41, 5.74) is 1.17. The standard InChI is InChI=1S/C15H9ClN2O4/c16-9-1-6-12-13(7-9)17(15(20)8-14(12)19)10-2-4-11(5-3-10)18(21)22/h1-7H,8H2. The highest BCUT2D eigenvalue weighted by Crippen LogP contribution is 2.36. The highest BCUT2D eigenvalue weighted by atomic mass is 35.5. The van der Waals surface area contributed by atoms with Crippen LogP contribution in [0.3, 0.4) is 0 Å². The molecule has 6 nitrogen and oxygen atoms in total. The second kappa shape index (κ2) is 5.23. The zero-order chi connectivity index (χ0) is 15.9. The molecule has 0 aromatic heterocycles. The van der Waals surface area contributed by atoms with Gasteiger partial charge in [0.25, 0.3) is 5.69 Å². The molecule has 110 valence electrons. The first kappa shape index (κ1) is 14.2. The number of rotatable bonds is 2. The van der Waals surface area contributed by atoms with Gasteiger partial charge in [0, 0.05) is 28.4 Å². The number of hydrogen-bond donors (Lipinski definition) is 0. The lowest BCUT2D eigenvalue weighted by atomic mass is 9.99. The van der Waals surface area contributed by atoms with E-state index < -0.39 is 10.8 Å². The van der Waals surface area contributed by atoms with Gasteiger partial charge in [0.2, 0.25) is 5.91 Å². The summed E-state index contributed by atoms with van der Waals surface area (Å²) >= 11 is 5.95. The molecule has 0 fully saturated rings. The lowest BCUT2D eigenvalue weighted by Gasteiger charge is -2.28. The van der Waals surface area contributed by atoms with Crippen molar-refractivity contribution >= 4 is 40.4 Å². The molecular weight excluding hydrogens is 308 g/mol. The van der Waals surface area contributed by atoms with Crippen LogP contribution in [-0.4, -0.2) is 16.6 Å². The average molecular weight is 317 g/mol. The first-order chi connectivity index (χ1) is 10.5. The number of non-ortho nitro benzene ring substituents is 1. The van der Waals surface area contributed by atoms with E-state index in [0.717, 1.165) is 0 Å². The lowest BCUT2D eigenvalue weighted by Crippen LogP contribution is -2.33. The van der Waals surface area contributed by atoms with Gasteiger partial charge in [-0.15, -0.1) is 0 Å². The second-order valence-electron chi connectivity index (χ2n) is 4.76. The Hall–Kier alpha value is -2.73. The van der Waals surface area contributed by atoms with E-state index in [1.165, 1.54) is 35.2 Å². The van der Waals surface area contributed by atoms with Gasteiger partial charge in [0.05, 0.1) is 17.0 Å². The fourth-order valence-corrected chi connectivity index (χ4v) is 2.54. The monoisotopic (exact) mass is 316 g/mol. The number of fused-ring (bicyclic) bond motifs is 1. The van der Waals surface area contributed by atoms with Gasteiger partial charge in [-0.3, -0.25) is 24.6 Å². The molecule has 1 amide bonds. The van der Waals surface area contributed by atoms with Crippen LogP contribution in [0.2, 0.25) is 5.02 Å². The summed E-state index contributed by atoms with van der Waals surface area (Å²) in [6.07, 6.45) is -0.244. The normalized spacial score (nSPS) is 14.0. The minimum atomic E-state index is -0.518. The van der Waals surface area contributed by atoms with Gasteiger partial charge in [-0.1, -0.05) is 11.6 Å². The molecule has 0 radical (unpaired) electrons. The Kier molecular flexibility index (Phi) is 3.38. The number of ketones is 1. The summed E-state index contributed by atoms with van der Waals surface area (Å²) in [6, 6.07) is 10.2. The first-order valence-corrected chi connectivity index (χ1v) is 6.75. The summed E-state index contributed by atoms with van der Waals surface area (Å²) in [4.78, 5) is 35.7. The van der Waals surface area contributed by atoms with Crippen LogP contribution >= 0.6 is 11.6 Å². The van der Waals surface area contributed by atoms with Crippen LogP contribution in [0.25, 0.3) is 0 Å². The Balaban J connectivity index is 2.12. The van der Waals surface area contributed by atoms with Crippen molar-refractivity contribution < 1.29 is 14.5 Å². The molecule has 3 rings (SSSR count). The molecule has 0 bridgehead atoms. The number of Topliss-reactive ketones (excluding diaryl/α,β-unsaturated/α-hetero) is 1. The molecule has 0 saturated carbocycles. The summed E-state index contributed by atoms with van der Waals surface area (Å²) in [5.74, 6) is -0.663. The predicted molar refractivity (Wildman–Crippen MR) is 80.6 cm³/mol. The maximum Gasteiger partial charge on any atom is 0.269 e. The number of carbonyl (C=O) groups is 2. The van der Waals surface area contributed by atoms with Gasteiger partial charge in [-0.05, 0) is 30.3 Å². The van der Waals surface area contributed by atoms with E-state index in [2.05, 4.69) is 0 Å². The van der Waals surface area contributed by atoms with Crippen LogP contribution in [-0.2, 0) is 4.79 Å². The summed E-state index contributed by atoms with van der Waals surface area (Å²) in [5, 5.41) is 11.1. The van der Waals surface area contributed by atoms with Crippen molar-refractivity contribution in [3.63, 3.8) is 0 Å². The Labute approximate surface area is 130 Å². The van der Waals surface area contributed by atoms with Crippen molar-refractivity contribution in [1.29, 1.82) is 0 Å². The average Bonchev–Trinajstić information content (AvgIpc) is 2.47.